The normalized spacial score (nSPS) is 12.4. The van der Waals surface area contributed by atoms with E-state index in [0.717, 1.165) is 16.1 Å². The molecule has 134 valence electrons. The van der Waals surface area contributed by atoms with Crippen molar-refractivity contribution in [3.05, 3.63) is 65.2 Å². The van der Waals surface area contributed by atoms with Crippen LogP contribution in [0.1, 0.15) is 18.4 Å². The highest BCUT2D eigenvalue weighted by Gasteiger charge is 2.21. The number of halogens is 1. The molecule has 7 heteroatoms. The second kappa shape index (κ2) is 8.36. The number of carbonyl (C=O) groups is 1. The van der Waals surface area contributed by atoms with Crippen molar-refractivity contribution in [1.82, 2.24) is 5.32 Å². The zero-order valence-corrected chi connectivity index (χ0v) is 15.7. The maximum Gasteiger partial charge on any atom is 0.240 e. The molecule has 2 rings (SSSR count). The summed E-state index contributed by atoms with van der Waals surface area (Å²) in [7, 11) is -3.61. The molecule has 0 spiro atoms. The summed E-state index contributed by atoms with van der Waals surface area (Å²) in [5, 5.41) is 3.20. The molecule has 1 unspecified atom stereocenters. The average Bonchev–Trinajstić information content (AvgIpc) is 2.57. The lowest BCUT2D eigenvalue weighted by Gasteiger charge is -2.22. The van der Waals surface area contributed by atoms with Crippen molar-refractivity contribution in [1.29, 1.82) is 0 Å². The Morgan fingerprint density at radius 2 is 1.84 bits per heavy atom. The summed E-state index contributed by atoms with van der Waals surface area (Å²) in [5.74, 6) is -0.240. The summed E-state index contributed by atoms with van der Waals surface area (Å²) in [5.41, 5.74) is 1.47. The Balaban J connectivity index is 2.03. The van der Waals surface area contributed by atoms with Gasteiger partial charge in [0.2, 0.25) is 15.9 Å². The van der Waals surface area contributed by atoms with Crippen molar-refractivity contribution >= 4 is 33.2 Å². The minimum absolute atomic E-state index is 0.128. The highest BCUT2D eigenvalue weighted by atomic mass is 35.5. The zero-order valence-electron chi connectivity index (χ0n) is 14.1. The van der Waals surface area contributed by atoms with Crippen molar-refractivity contribution in [3.63, 3.8) is 0 Å². The van der Waals surface area contributed by atoms with E-state index < -0.39 is 10.0 Å². The number of sulfonamides is 1. The summed E-state index contributed by atoms with van der Waals surface area (Å²) in [6, 6.07) is 16.2. The third-order valence-electron chi connectivity index (χ3n) is 3.76. The Kier molecular flexibility index (Phi) is 6.45. The SMILES string of the molecule is CC(CNC(=O)CN(c1cccc(Cl)c1)S(C)(=O)=O)c1ccccc1. The molecule has 0 heterocycles. The fourth-order valence-electron chi connectivity index (χ4n) is 2.38. The quantitative estimate of drug-likeness (QED) is 0.802. The van der Waals surface area contributed by atoms with Gasteiger partial charge in [-0.1, -0.05) is 54.9 Å². The number of nitrogens with zero attached hydrogens (tertiary/aromatic N) is 1. The van der Waals surface area contributed by atoms with Crippen LogP contribution >= 0.6 is 11.6 Å². The van der Waals surface area contributed by atoms with Crippen molar-refractivity contribution in [2.75, 3.05) is 23.7 Å². The average molecular weight is 381 g/mol. The minimum Gasteiger partial charge on any atom is -0.354 e. The van der Waals surface area contributed by atoms with E-state index in [9.17, 15) is 13.2 Å². The highest BCUT2D eigenvalue weighted by Crippen LogP contribution is 2.21. The van der Waals surface area contributed by atoms with Gasteiger partial charge in [0.05, 0.1) is 11.9 Å². The first-order chi connectivity index (χ1) is 11.8. The van der Waals surface area contributed by atoms with Gasteiger partial charge < -0.3 is 5.32 Å². The van der Waals surface area contributed by atoms with Crippen LogP contribution in [-0.4, -0.2) is 33.7 Å². The largest absolute Gasteiger partial charge is 0.354 e. The molecule has 0 aliphatic rings. The van der Waals surface area contributed by atoms with Crippen LogP contribution in [0.4, 0.5) is 5.69 Å². The topological polar surface area (TPSA) is 66.5 Å². The molecule has 5 nitrogen and oxygen atoms in total. The number of hydrogen-bond donors (Lipinski definition) is 1. The van der Waals surface area contributed by atoms with E-state index in [2.05, 4.69) is 5.32 Å². The third kappa shape index (κ3) is 5.76. The molecule has 0 aliphatic heterocycles. The Hall–Kier alpha value is -2.05. The molecule has 2 aromatic carbocycles. The zero-order chi connectivity index (χ0) is 18.4. The number of rotatable bonds is 7. The molecule has 0 aliphatic carbocycles. The fraction of sp³-hybridized carbons (Fsp3) is 0.278. The molecule has 1 N–H and O–H groups in total. The van der Waals surface area contributed by atoms with Crippen LogP contribution in [0, 0.1) is 0 Å². The fourth-order valence-corrected chi connectivity index (χ4v) is 3.42. The van der Waals surface area contributed by atoms with Crippen LogP contribution in [0.3, 0.4) is 0 Å². The van der Waals surface area contributed by atoms with Gasteiger partial charge in [0, 0.05) is 11.6 Å². The van der Waals surface area contributed by atoms with E-state index in [1.807, 2.05) is 37.3 Å². The van der Waals surface area contributed by atoms with Gasteiger partial charge in [-0.3, -0.25) is 9.10 Å². The molecule has 0 saturated carbocycles. The molecule has 0 aromatic heterocycles. The van der Waals surface area contributed by atoms with Gasteiger partial charge in [-0.25, -0.2) is 8.42 Å². The van der Waals surface area contributed by atoms with Gasteiger partial charge in [-0.15, -0.1) is 0 Å². The summed E-state index contributed by atoms with van der Waals surface area (Å²) >= 11 is 5.92. The van der Waals surface area contributed by atoms with Crippen molar-refractivity contribution in [2.24, 2.45) is 0 Å². The first-order valence-electron chi connectivity index (χ1n) is 7.82. The van der Waals surface area contributed by atoms with Crippen LogP contribution in [0.15, 0.2) is 54.6 Å². The second-order valence-corrected chi connectivity index (χ2v) is 8.21. The van der Waals surface area contributed by atoms with Crippen molar-refractivity contribution in [2.45, 2.75) is 12.8 Å². The number of nitrogens with one attached hydrogen (secondary N) is 1. The van der Waals surface area contributed by atoms with Gasteiger partial charge in [0.25, 0.3) is 0 Å². The molecule has 1 atom stereocenters. The molecule has 0 fully saturated rings. The Morgan fingerprint density at radius 1 is 1.16 bits per heavy atom. The number of amides is 1. The lowest BCUT2D eigenvalue weighted by atomic mass is 10.0. The Morgan fingerprint density at radius 3 is 2.44 bits per heavy atom. The van der Waals surface area contributed by atoms with E-state index in [1.54, 1.807) is 18.2 Å². The lowest BCUT2D eigenvalue weighted by molar-refractivity contribution is -0.119. The molecule has 0 saturated heterocycles. The molecule has 0 bridgehead atoms. The summed E-state index contributed by atoms with van der Waals surface area (Å²) in [4.78, 5) is 12.2. The van der Waals surface area contributed by atoms with Crippen molar-refractivity contribution in [3.8, 4) is 0 Å². The van der Waals surface area contributed by atoms with Crippen LogP contribution in [-0.2, 0) is 14.8 Å². The van der Waals surface area contributed by atoms with E-state index in [1.165, 1.54) is 6.07 Å². The summed E-state index contributed by atoms with van der Waals surface area (Å²) in [6.07, 6.45) is 1.06. The van der Waals surface area contributed by atoms with Gasteiger partial charge in [-0.2, -0.15) is 0 Å². The van der Waals surface area contributed by atoms with Gasteiger partial charge in [0.15, 0.2) is 0 Å². The first kappa shape index (κ1) is 19.3. The summed E-state index contributed by atoms with van der Waals surface area (Å²) < 4.78 is 25.1. The van der Waals surface area contributed by atoms with E-state index >= 15 is 0 Å². The third-order valence-corrected chi connectivity index (χ3v) is 5.13. The number of carbonyl (C=O) groups excluding carboxylic acids is 1. The molecular weight excluding hydrogens is 360 g/mol. The maximum atomic E-state index is 12.2. The monoisotopic (exact) mass is 380 g/mol. The number of anilines is 1. The van der Waals surface area contributed by atoms with Crippen LogP contribution in [0.2, 0.25) is 5.02 Å². The summed E-state index contributed by atoms with van der Waals surface area (Å²) in [6.45, 7) is 2.14. The second-order valence-electron chi connectivity index (χ2n) is 5.87. The molecule has 25 heavy (non-hydrogen) atoms. The lowest BCUT2D eigenvalue weighted by Crippen LogP contribution is -2.41. The van der Waals surface area contributed by atoms with Crippen molar-refractivity contribution < 1.29 is 13.2 Å². The predicted octanol–water partition coefficient (Wildman–Crippen LogP) is 3.03. The molecular formula is C18H21ClN2O3S. The van der Waals surface area contributed by atoms with Gasteiger partial charge >= 0.3 is 0 Å². The highest BCUT2D eigenvalue weighted by molar-refractivity contribution is 7.92. The van der Waals surface area contributed by atoms with E-state index in [0.29, 0.717) is 17.3 Å². The molecule has 2 aromatic rings. The molecule has 1 amide bonds. The van der Waals surface area contributed by atoms with E-state index in [-0.39, 0.29) is 18.4 Å². The standard InChI is InChI=1S/C18H21ClN2O3S/c1-14(15-7-4-3-5-8-15)12-20-18(22)13-21(25(2,23)24)17-10-6-9-16(19)11-17/h3-11,14H,12-13H2,1-2H3,(H,20,22). The van der Waals surface area contributed by atoms with Gasteiger partial charge in [0.1, 0.15) is 6.54 Å². The number of hydrogen-bond acceptors (Lipinski definition) is 3. The van der Waals surface area contributed by atoms with Crippen LogP contribution in [0.5, 0.6) is 0 Å². The minimum atomic E-state index is -3.61. The van der Waals surface area contributed by atoms with Crippen LogP contribution < -0.4 is 9.62 Å². The Bertz CT molecular complexity index is 825. The van der Waals surface area contributed by atoms with Gasteiger partial charge in [-0.05, 0) is 29.7 Å². The van der Waals surface area contributed by atoms with Crippen LogP contribution in [0.25, 0.3) is 0 Å². The molecule has 0 radical (unpaired) electrons. The maximum absolute atomic E-state index is 12.2. The predicted molar refractivity (Wildman–Crippen MR) is 102 cm³/mol. The van der Waals surface area contributed by atoms with E-state index in [4.69, 9.17) is 11.6 Å². The first-order valence-corrected chi connectivity index (χ1v) is 10.0. The Labute approximate surface area is 153 Å². The number of benzene rings is 2. The smallest absolute Gasteiger partial charge is 0.240 e.